The number of aliphatic hydroxyl groups excluding tert-OH is 1. The second-order valence-electron chi connectivity index (χ2n) is 4.15. The number of aliphatic hydroxyl groups is 1. The third-order valence-corrected chi connectivity index (χ3v) is 2.69. The van der Waals surface area contributed by atoms with Gasteiger partial charge in [0.15, 0.2) is 0 Å². The zero-order valence-corrected chi connectivity index (χ0v) is 10.4. The Hall–Kier alpha value is -2.28. The van der Waals surface area contributed by atoms with Gasteiger partial charge in [0.1, 0.15) is 0 Å². The van der Waals surface area contributed by atoms with E-state index in [1.807, 2.05) is 0 Å². The number of hydrogen-bond acceptors (Lipinski definition) is 5. The number of hydrogen-bond donors (Lipinski definition) is 4. The number of ether oxygens (including phenoxy) is 1. The molecule has 0 spiro atoms. The summed E-state index contributed by atoms with van der Waals surface area (Å²) in [6, 6.07) is 5.28. The van der Waals surface area contributed by atoms with Crippen molar-refractivity contribution in [1.82, 2.24) is 9.97 Å². The molecule has 1 atom stereocenters. The first-order valence-corrected chi connectivity index (χ1v) is 5.79. The number of carbonyl (C=O) groups excluding carboxylic acids is 1. The van der Waals surface area contributed by atoms with Crippen LogP contribution in [0.4, 0.5) is 5.69 Å². The topological polar surface area (TPSA) is 107 Å². The van der Waals surface area contributed by atoms with Crippen LogP contribution in [0.5, 0.6) is 0 Å². The SMILES string of the molecule is COC(=O)CC(O)CNc1ccc2[nH]c(=O)[nH]c2c1. The predicted molar refractivity (Wildman–Crippen MR) is 70.0 cm³/mol. The van der Waals surface area contributed by atoms with Crippen LogP contribution in [-0.4, -0.2) is 40.8 Å². The number of benzene rings is 1. The highest BCUT2D eigenvalue weighted by Crippen LogP contribution is 2.14. The van der Waals surface area contributed by atoms with Crippen LogP contribution < -0.4 is 11.0 Å². The van der Waals surface area contributed by atoms with Gasteiger partial charge in [0.25, 0.3) is 0 Å². The van der Waals surface area contributed by atoms with Crippen molar-refractivity contribution < 1.29 is 14.6 Å². The Balaban J connectivity index is 1.97. The summed E-state index contributed by atoms with van der Waals surface area (Å²) in [5.41, 5.74) is 1.87. The standard InChI is InChI=1S/C12H15N3O4/c1-19-11(17)5-8(16)6-13-7-2-3-9-10(4-7)15-12(18)14-9/h2-4,8,13,16H,5-6H2,1H3,(H2,14,15,18). The Morgan fingerprint density at radius 2 is 2.16 bits per heavy atom. The second kappa shape index (κ2) is 5.57. The highest BCUT2D eigenvalue weighted by Gasteiger charge is 2.10. The molecule has 7 nitrogen and oxygen atoms in total. The fraction of sp³-hybridized carbons (Fsp3) is 0.333. The van der Waals surface area contributed by atoms with Crippen molar-refractivity contribution in [2.45, 2.75) is 12.5 Å². The maximum Gasteiger partial charge on any atom is 0.323 e. The molecule has 1 unspecified atom stereocenters. The Bertz CT molecular complexity index is 631. The van der Waals surface area contributed by atoms with Crippen molar-refractivity contribution in [2.75, 3.05) is 19.0 Å². The van der Waals surface area contributed by atoms with Gasteiger partial charge in [-0.1, -0.05) is 0 Å². The Labute approximate surface area is 108 Å². The maximum atomic E-state index is 11.1. The van der Waals surface area contributed by atoms with Gasteiger partial charge in [-0.2, -0.15) is 0 Å². The number of rotatable bonds is 5. The zero-order valence-electron chi connectivity index (χ0n) is 10.4. The van der Waals surface area contributed by atoms with Crippen LogP contribution in [0.1, 0.15) is 6.42 Å². The van der Waals surface area contributed by atoms with E-state index in [9.17, 15) is 14.7 Å². The number of fused-ring (bicyclic) bond motifs is 1. The lowest BCUT2D eigenvalue weighted by molar-refractivity contribution is -0.142. The summed E-state index contributed by atoms with van der Waals surface area (Å²) in [6.45, 7) is 0.218. The van der Waals surface area contributed by atoms with Crippen LogP contribution in [0.3, 0.4) is 0 Å². The van der Waals surface area contributed by atoms with Gasteiger partial charge in [-0.05, 0) is 18.2 Å². The average molecular weight is 265 g/mol. The number of nitrogens with one attached hydrogen (secondary N) is 3. The lowest BCUT2D eigenvalue weighted by Crippen LogP contribution is -2.23. The summed E-state index contributed by atoms with van der Waals surface area (Å²) in [5.74, 6) is -0.459. The zero-order chi connectivity index (χ0) is 13.8. The van der Waals surface area contributed by atoms with Gasteiger partial charge >= 0.3 is 11.7 Å². The summed E-state index contributed by atoms with van der Waals surface area (Å²) in [6.07, 6.45) is -0.888. The number of aromatic amines is 2. The average Bonchev–Trinajstić information content (AvgIpc) is 2.75. The highest BCUT2D eigenvalue weighted by molar-refractivity contribution is 5.78. The first kappa shape index (κ1) is 13.2. The molecule has 102 valence electrons. The number of anilines is 1. The van der Waals surface area contributed by atoms with E-state index < -0.39 is 12.1 Å². The number of methoxy groups -OCH3 is 1. The van der Waals surface area contributed by atoms with E-state index in [1.165, 1.54) is 7.11 Å². The summed E-state index contributed by atoms with van der Waals surface area (Å²) in [4.78, 5) is 27.3. The van der Waals surface area contributed by atoms with E-state index in [-0.39, 0.29) is 18.7 Å². The molecule has 0 amide bonds. The molecule has 1 aromatic heterocycles. The number of H-pyrrole nitrogens is 2. The molecule has 0 bridgehead atoms. The first-order valence-electron chi connectivity index (χ1n) is 5.79. The van der Waals surface area contributed by atoms with Crippen molar-refractivity contribution in [3.05, 3.63) is 28.7 Å². The lowest BCUT2D eigenvalue weighted by Gasteiger charge is -2.11. The molecule has 0 saturated heterocycles. The molecule has 0 aliphatic rings. The summed E-state index contributed by atoms with van der Waals surface area (Å²) >= 11 is 0. The molecule has 0 aliphatic heterocycles. The number of esters is 1. The van der Waals surface area contributed by atoms with Crippen LogP contribution in [0, 0.1) is 0 Å². The van der Waals surface area contributed by atoms with Crippen molar-refractivity contribution in [3.63, 3.8) is 0 Å². The van der Waals surface area contributed by atoms with Crippen LogP contribution in [0.15, 0.2) is 23.0 Å². The third kappa shape index (κ3) is 3.35. The number of carbonyl (C=O) groups is 1. The summed E-state index contributed by atoms with van der Waals surface area (Å²) in [7, 11) is 1.28. The van der Waals surface area contributed by atoms with Crippen LogP contribution in [-0.2, 0) is 9.53 Å². The highest BCUT2D eigenvalue weighted by atomic mass is 16.5. The molecule has 7 heteroatoms. The molecular formula is C12H15N3O4. The largest absolute Gasteiger partial charge is 0.469 e. The van der Waals surface area contributed by atoms with Crippen molar-refractivity contribution >= 4 is 22.7 Å². The van der Waals surface area contributed by atoms with Gasteiger partial charge in [-0.15, -0.1) is 0 Å². The van der Waals surface area contributed by atoms with Gasteiger partial charge in [-0.25, -0.2) is 4.79 Å². The smallest absolute Gasteiger partial charge is 0.323 e. The van der Waals surface area contributed by atoms with E-state index in [1.54, 1.807) is 18.2 Å². The predicted octanol–water partition coefficient (Wildman–Crippen LogP) is 0.192. The van der Waals surface area contributed by atoms with Gasteiger partial charge in [0.2, 0.25) is 0 Å². The molecule has 0 fully saturated rings. The molecular weight excluding hydrogens is 250 g/mol. The van der Waals surface area contributed by atoms with Crippen molar-refractivity contribution in [1.29, 1.82) is 0 Å². The van der Waals surface area contributed by atoms with E-state index >= 15 is 0 Å². The quantitative estimate of drug-likeness (QED) is 0.577. The van der Waals surface area contributed by atoms with E-state index in [2.05, 4.69) is 20.0 Å². The van der Waals surface area contributed by atoms with Gasteiger partial charge in [0, 0.05) is 12.2 Å². The minimum absolute atomic E-state index is 0.0628. The molecule has 1 aromatic carbocycles. The Kier molecular flexibility index (Phi) is 3.86. The monoisotopic (exact) mass is 265 g/mol. The van der Waals surface area contributed by atoms with Gasteiger partial charge in [0.05, 0.1) is 30.7 Å². The lowest BCUT2D eigenvalue weighted by atomic mass is 10.2. The molecule has 2 aromatic rings. The Morgan fingerprint density at radius 3 is 2.89 bits per heavy atom. The summed E-state index contributed by atoms with van der Waals surface area (Å²) < 4.78 is 4.46. The van der Waals surface area contributed by atoms with E-state index in [0.717, 1.165) is 5.69 Å². The van der Waals surface area contributed by atoms with Gasteiger partial charge in [-0.3, -0.25) is 4.79 Å². The molecule has 0 aliphatic carbocycles. The first-order chi connectivity index (χ1) is 9.08. The number of imidazole rings is 1. The second-order valence-corrected chi connectivity index (χ2v) is 4.15. The Morgan fingerprint density at radius 1 is 1.42 bits per heavy atom. The third-order valence-electron chi connectivity index (χ3n) is 2.69. The molecule has 0 saturated carbocycles. The van der Waals surface area contributed by atoms with Crippen LogP contribution in [0.25, 0.3) is 11.0 Å². The molecule has 19 heavy (non-hydrogen) atoms. The maximum absolute atomic E-state index is 11.1. The molecule has 2 rings (SSSR count). The van der Waals surface area contributed by atoms with Crippen molar-refractivity contribution in [2.24, 2.45) is 0 Å². The normalized spacial score (nSPS) is 12.3. The fourth-order valence-electron chi connectivity index (χ4n) is 1.73. The minimum atomic E-state index is -0.826. The van der Waals surface area contributed by atoms with E-state index in [4.69, 9.17) is 0 Å². The number of aromatic nitrogens is 2. The summed E-state index contributed by atoms with van der Waals surface area (Å²) in [5, 5.41) is 12.6. The minimum Gasteiger partial charge on any atom is -0.469 e. The molecule has 0 radical (unpaired) electrons. The van der Waals surface area contributed by atoms with E-state index in [0.29, 0.717) is 11.0 Å². The molecule has 1 heterocycles. The van der Waals surface area contributed by atoms with Crippen LogP contribution in [0.2, 0.25) is 0 Å². The fourth-order valence-corrected chi connectivity index (χ4v) is 1.73. The molecule has 4 N–H and O–H groups in total. The van der Waals surface area contributed by atoms with Crippen molar-refractivity contribution in [3.8, 4) is 0 Å². The van der Waals surface area contributed by atoms with Crippen LogP contribution >= 0.6 is 0 Å². The van der Waals surface area contributed by atoms with Gasteiger partial charge < -0.3 is 25.1 Å².